The topological polar surface area (TPSA) is 76.7 Å². The van der Waals surface area contributed by atoms with Crippen LogP contribution in [0.1, 0.15) is 41.3 Å². The van der Waals surface area contributed by atoms with Crippen molar-refractivity contribution in [3.05, 3.63) is 59.2 Å². The summed E-state index contributed by atoms with van der Waals surface area (Å²) >= 11 is 0. The van der Waals surface area contributed by atoms with Crippen LogP contribution in [0.2, 0.25) is 0 Å². The van der Waals surface area contributed by atoms with Gasteiger partial charge in [-0.05, 0) is 69.0 Å². The number of anilines is 1. The smallest absolute Gasteiger partial charge is 0.265 e. The summed E-state index contributed by atoms with van der Waals surface area (Å²) in [5, 5.41) is 5.70. The predicted molar refractivity (Wildman–Crippen MR) is 112 cm³/mol. The van der Waals surface area contributed by atoms with Crippen molar-refractivity contribution in [2.75, 3.05) is 18.5 Å². The Bertz CT molecular complexity index is 875. The molecule has 0 unspecified atom stereocenters. The number of rotatable bonds is 7. The van der Waals surface area contributed by atoms with Gasteiger partial charge < -0.3 is 20.1 Å². The minimum atomic E-state index is -0.708. The molecule has 0 saturated carbocycles. The molecule has 1 heterocycles. The molecule has 6 heteroatoms. The summed E-state index contributed by atoms with van der Waals surface area (Å²) in [4.78, 5) is 25.2. The molecule has 0 aliphatic carbocycles. The summed E-state index contributed by atoms with van der Waals surface area (Å²) in [6, 6.07) is 12.7. The second kappa shape index (κ2) is 9.56. The van der Waals surface area contributed by atoms with Crippen molar-refractivity contribution in [3.8, 4) is 5.75 Å². The molecule has 2 amide bonds. The lowest BCUT2D eigenvalue weighted by Gasteiger charge is -2.17. The van der Waals surface area contributed by atoms with Crippen molar-refractivity contribution in [2.24, 2.45) is 0 Å². The number of benzene rings is 2. The third-order valence-electron chi connectivity index (χ3n) is 5.10. The number of nitrogens with one attached hydrogen (secondary N) is 2. The first kappa shape index (κ1) is 20.9. The minimum absolute atomic E-state index is 0.0621. The van der Waals surface area contributed by atoms with Gasteiger partial charge in [0.15, 0.2) is 6.10 Å². The van der Waals surface area contributed by atoms with Gasteiger partial charge in [0.25, 0.3) is 11.8 Å². The van der Waals surface area contributed by atoms with Gasteiger partial charge >= 0.3 is 0 Å². The Balaban J connectivity index is 1.61. The highest BCUT2D eigenvalue weighted by Crippen LogP contribution is 2.20. The molecular formula is C23H28N2O4. The van der Waals surface area contributed by atoms with E-state index in [4.69, 9.17) is 9.47 Å². The van der Waals surface area contributed by atoms with Crippen LogP contribution in [0.25, 0.3) is 0 Å². The number of carbonyl (C=O) groups is 2. The second-order valence-electron chi connectivity index (χ2n) is 7.39. The lowest BCUT2D eigenvalue weighted by Crippen LogP contribution is -2.34. The van der Waals surface area contributed by atoms with E-state index < -0.39 is 6.10 Å². The van der Waals surface area contributed by atoms with E-state index in [2.05, 4.69) is 10.6 Å². The molecule has 2 aromatic rings. The standard InChI is InChI=1S/C23H28N2O4/c1-15-10-11-18(13-16(15)2)29-17(3)22(26)25-21-9-5-4-8-20(21)23(27)24-14-19-7-6-12-28-19/h4-5,8-11,13,17,19H,6-7,12,14H2,1-3H3,(H,24,27)(H,25,26)/t17-,19-/m0/s1. The van der Waals surface area contributed by atoms with Crippen LogP contribution in [0.5, 0.6) is 5.75 Å². The van der Waals surface area contributed by atoms with Gasteiger partial charge in [-0.2, -0.15) is 0 Å². The van der Waals surface area contributed by atoms with Crippen LogP contribution >= 0.6 is 0 Å². The number of amides is 2. The van der Waals surface area contributed by atoms with Gasteiger partial charge in [0.2, 0.25) is 0 Å². The van der Waals surface area contributed by atoms with Crippen LogP contribution in [-0.2, 0) is 9.53 Å². The number of hydrogen-bond donors (Lipinski definition) is 2. The monoisotopic (exact) mass is 396 g/mol. The van der Waals surface area contributed by atoms with E-state index in [0.717, 1.165) is 30.6 Å². The van der Waals surface area contributed by atoms with Gasteiger partial charge in [0, 0.05) is 13.2 Å². The molecule has 6 nitrogen and oxygen atoms in total. The first-order valence-corrected chi connectivity index (χ1v) is 9.97. The van der Waals surface area contributed by atoms with Crippen LogP contribution in [0.15, 0.2) is 42.5 Å². The lowest BCUT2D eigenvalue weighted by atomic mass is 10.1. The van der Waals surface area contributed by atoms with E-state index in [1.807, 2.05) is 32.0 Å². The number of para-hydroxylation sites is 1. The fraction of sp³-hybridized carbons (Fsp3) is 0.391. The molecular weight excluding hydrogens is 368 g/mol. The third-order valence-corrected chi connectivity index (χ3v) is 5.10. The Hall–Kier alpha value is -2.86. The van der Waals surface area contributed by atoms with E-state index in [9.17, 15) is 9.59 Å². The normalized spacial score (nSPS) is 16.9. The highest BCUT2D eigenvalue weighted by molar-refractivity contribution is 6.04. The maximum absolute atomic E-state index is 12.6. The maximum Gasteiger partial charge on any atom is 0.265 e. The molecule has 3 rings (SSSR count). The van der Waals surface area contributed by atoms with Crippen molar-refractivity contribution in [1.29, 1.82) is 0 Å². The van der Waals surface area contributed by atoms with Gasteiger partial charge in [0.1, 0.15) is 5.75 Å². The summed E-state index contributed by atoms with van der Waals surface area (Å²) < 4.78 is 11.3. The second-order valence-corrected chi connectivity index (χ2v) is 7.39. The Kier molecular flexibility index (Phi) is 6.88. The van der Waals surface area contributed by atoms with Gasteiger partial charge in [-0.3, -0.25) is 9.59 Å². The number of ether oxygens (including phenoxy) is 2. The van der Waals surface area contributed by atoms with Crippen LogP contribution in [-0.4, -0.2) is 37.2 Å². The Morgan fingerprint density at radius 2 is 1.97 bits per heavy atom. The Morgan fingerprint density at radius 1 is 1.17 bits per heavy atom. The summed E-state index contributed by atoms with van der Waals surface area (Å²) in [7, 11) is 0. The van der Waals surface area contributed by atoms with Gasteiger partial charge in [-0.25, -0.2) is 0 Å². The molecule has 2 N–H and O–H groups in total. The Labute approximate surface area is 171 Å². The van der Waals surface area contributed by atoms with E-state index in [1.165, 1.54) is 0 Å². The predicted octanol–water partition coefficient (Wildman–Crippen LogP) is 3.62. The van der Waals surface area contributed by atoms with Crippen LogP contribution in [0, 0.1) is 13.8 Å². The molecule has 2 atom stereocenters. The number of aryl methyl sites for hydroxylation is 2. The quantitative estimate of drug-likeness (QED) is 0.749. The molecule has 0 radical (unpaired) electrons. The molecule has 1 aliphatic rings. The van der Waals surface area contributed by atoms with Crippen molar-refractivity contribution in [3.63, 3.8) is 0 Å². The van der Waals surface area contributed by atoms with Crippen LogP contribution in [0.4, 0.5) is 5.69 Å². The summed E-state index contributed by atoms with van der Waals surface area (Å²) in [6.45, 7) is 6.91. The zero-order chi connectivity index (χ0) is 20.8. The van der Waals surface area contributed by atoms with Crippen molar-refractivity contribution in [2.45, 2.75) is 45.8 Å². The maximum atomic E-state index is 12.6. The molecule has 0 aromatic heterocycles. The average molecular weight is 396 g/mol. The zero-order valence-electron chi connectivity index (χ0n) is 17.2. The van der Waals surface area contributed by atoms with Gasteiger partial charge in [-0.15, -0.1) is 0 Å². The highest BCUT2D eigenvalue weighted by Gasteiger charge is 2.20. The van der Waals surface area contributed by atoms with E-state index in [1.54, 1.807) is 31.2 Å². The van der Waals surface area contributed by atoms with Gasteiger partial charge in [0.05, 0.1) is 17.4 Å². The van der Waals surface area contributed by atoms with Crippen molar-refractivity contribution >= 4 is 17.5 Å². The Morgan fingerprint density at radius 3 is 2.69 bits per heavy atom. The van der Waals surface area contributed by atoms with Crippen LogP contribution < -0.4 is 15.4 Å². The van der Waals surface area contributed by atoms with E-state index in [-0.39, 0.29) is 17.9 Å². The summed E-state index contributed by atoms with van der Waals surface area (Å²) in [5.41, 5.74) is 3.14. The van der Waals surface area contributed by atoms with E-state index in [0.29, 0.717) is 23.5 Å². The van der Waals surface area contributed by atoms with Crippen molar-refractivity contribution < 1.29 is 19.1 Å². The minimum Gasteiger partial charge on any atom is -0.481 e. The SMILES string of the molecule is Cc1ccc(O[C@@H](C)C(=O)Nc2ccccc2C(=O)NC[C@@H]2CCCO2)cc1C. The molecule has 1 aliphatic heterocycles. The van der Waals surface area contributed by atoms with Crippen molar-refractivity contribution in [1.82, 2.24) is 5.32 Å². The molecule has 0 bridgehead atoms. The zero-order valence-corrected chi connectivity index (χ0v) is 17.2. The fourth-order valence-electron chi connectivity index (χ4n) is 3.18. The largest absolute Gasteiger partial charge is 0.481 e. The number of hydrogen-bond acceptors (Lipinski definition) is 4. The molecule has 0 spiro atoms. The van der Waals surface area contributed by atoms with Gasteiger partial charge in [-0.1, -0.05) is 18.2 Å². The molecule has 2 aromatic carbocycles. The molecule has 1 fully saturated rings. The first-order valence-electron chi connectivity index (χ1n) is 9.97. The lowest BCUT2D eigenvalue weighted by molar-refractivity contribution is -0.122. The summed E-state index contributed by atoms with van der Waals surface area (Å²) in [5.74, 6) is 0.0834. The highest BCUT2D eigenvalue weighted by atomic mass is 16.5. The first-order chi connectivity index (χ1) is 13.9. The molecule has 29 heavy (non-hydrogen) atoms. The molecule has 1 saturated heterocycles. The number of carbonyl (C=O) groups excluding carboxylic acids is 2. The third kappa shape index (κ3) is 5.57. The summed E-state index contributed by atoms with van der Waals surface area (Å²) in [6.07, 6.45) is 1.32. The fourth-order valence-corrected chi connectivity index (χ4v) is 3.18. The van der Waals surface area contributed by atoms with E-state index >= 15 is 0 Å². The molecule has 154 valence electrons. The average Bonchev–Trinajstić information content (AvgIpc) is 3.23. The van der Waals surface area contributed by atoms with Crippen LogP contribution in [0.3, 0.4) is 0 Å².